The molecule has 2 aromatic rings. The highest BCUT2D eigenvalue weighted by atomic mass is 16.5. The van der Waals surface area contributed by atoms with Gasteiger partial charge in [-0.3, -0.25) is 4.98 Å². The average molecular weight is 242 g/mol. The highest BCUT2D eigenvalue weighted by Crippen LogP contribution is 2.30. The van der Waals surface area contributed by atoms with Gasteiger partial charge in [-0.1, -0.05) is 12.1 Å². The first-order valence-corrected chi connectivity index (χ1v) is 6.50. The van der Waals surface area contributed by atoms with Gasteiger partial charge < -0.3 is 10.1 Å². The monoisotopic (exact) mass is 242 g/mol. The molecular weight excluding hydrogens is 224 g/mol. The van der Waals surface area contributed by atoms with E-state index in [-0.39, 0.29) is 5.60 Å². The van der Waals surface area contributed by atoms with Gasteiger partial charge in [0.1, 0.15) is 11.4 Å². The number of aromatic nitrogens is 1. The van der Waals surface area contributed by atoms with E-state index in [1.54, 1.807) is 0 Å². The van der Waals surface area contributed by atoms with Gasteiger partial charge in [-0.05, 0) is 51.1 Å². The van der Waals surface area contributed by atoms with Crippen molar-refractivity contribution in [3.63, 3.8) is 0 Å². The summed E-state index contributed by atoms with van der Waals surface area (Å²) in [6.07, 6.45) is 3.91. The Morgan fingerprint density at radius 3 is 2.78 bits per heavy atom. The van der Waals surface area contributed by atoms with Crippen LogP contribution in [-0.4, -0.2) is 23.7 Å². The standard InChI is InChI=1S/C15H18N2O/c1-15(7-10-16-11-8-15)18-14-6-9-17-13-5-3-2-4-12(13)14/h2-6,9,16H,7-8,10-11H2,1H3. The molecule has 0 radical (unpaired) electrons. The van der Waals surface area contributed by atoms with E-state index in [0.717, 1.165) is 42.6 Å². The van der Waals surface area contributed by atoms with Gasteiger partial charge in [0.15, 0.2) is 0 Å². The number of nitrogens with one attached hydrogen (secondary N) is 1. The van der Waals surface area contributed by atoms with Crippen LogP contribution < -0.4 is 10.1 Å². The first-order chi connectivity index (χ1) is 8.77. The molecule has 0 amide bonds. The third-order valence-electron chi connectivity index (χ3n) is 3.63. The molecule has 1 aliphatic heterocycles. The lowest BCUT2D eigenvalue weighted by Crippen LogP contribution is -2.43. The molecule has 3 rings (SSSR count). The molecule has 2 heterocycles. The molecular formula is C15H18N2O. The number of piperidine rings is 1. The van der Waals surface area contributed by atoms with E-state index >= 15 is 0 Å². The molecule has 0 unspecified atom stereocenters. The molecule has 0 saturated carbocycles. The number of rotatable bonds is 2. The van der Waals surface area contributed by atoms with Crippen molar-refractivity contribution in [1.29, 1.82) is 0 Å². The number of hydrogen-bond donors (Lipinski definition) is 1. The molecule has 94 valence electrons. The van der Waals surface area contributed by atoms with Gasteiger partial charge in [-0.25, -0.2) is 0 Å². The Balaban J connectivity index is 1.94. The van der Waals surface area contributed by atoms with Gasteiger partial charge in [0.05, 0.1) is 5.52 Å². The quantitative estimate of drug-likeness (QED) is 0.879. The fraction of sp³-hybridized carbons (Fsp3) is 0.400. The van der Waals surface area contributed by atoms with E-state index in [1.807, 2.05) is 30.5 Å². The number of fused-ring (bicyclic) bond motifs is 1. The van der Waals surface area contributed by atoms with Crippen LogP contribution in [0.3, 0.4) is 0 Å². The first kappa shape index (κ1) is 11.5. The minimum atomic E-state index is -0.0601. The summed E-state index contributed by atoms with van der Waals surface area (Å²) < 4.78 is 6.28. The molecule has 1 aliphatic rings. The van der Waals surface area contributed by atoms with Crippen LogP contribution in [0.4, 0.5) is 0 Å². The number of nitrogens with zero attached hydrogens (tertiary/aromatic N) is 1. The second-order valence-electron chi connectivity index (χ2n) is 5.13. The molecule has 0 aliphatic carbocycles. The summed E-state index contributed by atoms with van der Waals surface area (Å²) in [5, 5.41) is 4.47. The molecule has 1 aromatic heterocycles. The minimum Gasteiger partial charge on any atom is -0.487 e. The van der Waals surface area contributed by atoms with E-state index in [9.17, 15) is 0 Å². The van der Waals surface area contributed by atoms with Gasteiger partial charge >= 0.3 is 0 Å². The molecule has 0 atom stereocenters. The van der Waals surface area contributed by atoms with Crippen molar-refractivity contribution in [3.05, 3.63) is 36.5 Å². The Kier molecular flexibility index (Phi) is 2.92. The largest absolute Gasteiger partial charge is 0.487 e. The molecule has 0 spiro atoms. The van der Waals surface area contributed by atoms with Crippen LogP contribution >= 0.6 is 0 Å². The molecule has 3 nitrogen and oxygen atoms in total. The van der Waals surface area contributed by atoms with Crippen molar-refractivity contribution >= 4 is 10.9 Å². The molecule has 1 fully saturated rings. The van der Waals surface area contributed by atoms with Crippen LogP contribution in [0.5, 0.6) is 5.75 Å². The zero-order valence-electron chi connectivity index (χ0n) is 10.6. The van der Waals surface area contributed by atoms with Crippen molar-refractivity contribution in [3.8, 4) is 5.75 Å². The maximum absolute atomic E-state index is 6.28. The zero-order valence-corrected chi connectivity index (χ0v) is 10.6. The Morgan fingerprint density at radius 2 is 1.94 bits per heavy atom. The summed E-state index contributed by atoms with van der Waals surface area (Å²) in [6, 6.07) is 10.1. The van der Waals surface area contributed by atoms with Crippen LogP contribution in [0.25, 0.3) is 10.9 Å². The smallest absolute Gasteiger partial charge is 0.131 e. The zero-order chi connectivity index (χ0) is 12.4. The maximum atomic E-state index is 6.28. The summed E-state index contributed by atoms with van der Waals surface area (Å²) in [7, 11) is 0. The average Bonchev–Trinajstić information content (AvgIpc) is 2.40. The van der Waals surface area contributed by atoms with Crippen molar-refractivity contribution < 1.29 is 4.74 Å². The van der Waals surface area contributed by atoms with Gasteiger partial charge in [0.2, 0.25) is 0 Å². The number of ether oxygens (including phenoxy) is 1. The van der Waals surface area contributed by atoms with Crippen molar-refractivity contribution in [2.75, 3.05) is 13.1 Å². The molecule has 1 aromatic carbocycles. The Hall–Kier alpha value is -1.61. The Labute approximate surface area is 107 Å². The summed E-state index contributed by atoms with van der Waals surface area (Å²) in [4.78, 5) is 4.37. The van der Waals surface area contributed by atoms with Crippen LogP contribution in [0.1, 0.15) is 19.8 Å². The SMILES string of the molecule is CC1(Oc2ccnc3ccccc23)CCNCC1. The van der Waals surface area contributed by atoms with Crippen LogP contribution in [0.15, 0.2) is 36.5 Å². The van der Waals surface area contributed by atoms with E-state index in [1.165, 1.54) is 0 Å². The number of benzene rings is 1. The summed E-state index contributed by atoms with van der Waals surface area (Å²) in [6.45, 7) is 4.25. The number of para-hydroxylation sites is 1. The second kappa shape index (κ2) is 4.58. The Morgan fingerprint density at radius 1 is 1.17 bits per heavy atom. The van der Waals surface area contributed by atoms with Crippen LogP contribution in [-0.2, 0) is 0 Å². The highest BCUT2D eigenvalue weighted by molar-refractivity contribution is 5.84. The summed E-state index contributed by atoms with van der Waals surface area (Å²) >= 11 is 0. The summed E-state index contributed by atoms with van der Waals surface area (Å²) in [5.74, 6) is 0.949. The molecule has 3 heteroatoms. The fourth-order valence-electron chi connectivity index (χ4n) is 2.48. The lowest BCUT2D eigenvalue weighted by molar-refractivity contribution is 0.0572. The molecule has 0 bridgehead atoms. The fourth-order valence-corrected chi connectivity index (χ4v) is 2.48. The van der Waals surface area contributed by atoms with Crippen molar-refractivity contribution in [2.24, 2.45) is 0 Å². The molecule has 18 heavy (non-hydrogen) atoms. The van der Waals surface area contributed by atoms with E-state index in [4.69, 9.17) is 4.74 Å². The molecule has 1 saturated heterocycles. The van der Waals surface area contributed by atoms with E-state index in [0.29, 0.717) is 0 Å². The lowest BCUT2D eigenvalue weighted by Gasteiger charge is -2.35. The van der Waals surface area contributed by atoms with Gasteiger partial charge in [-0.2, -0.15) is 0 Å². The number of pyridine rings is 1. The van der Waals surface area contributed by atoms with Crippen molar-refractivity contribution in [2.45, 2.75) is 25.4 Å². The predicted octanol–water partition coefficient (Wildman–Crippen LogP) is 2.76. The lowest BCUT2D eigenvalue weighted by atomic mass is 9.94. The Bertz CT molecular complexity index is 542. The minimum absolute atomic E-state index is 0.0601. The second-order valence-corrected chi connectivity index (χ2v) is 5.13. The van der Waals surface area contributed by atoms with Gasteiger partial charge in [-0.15, -0.1) is 0 Å². The van der Waals surface area contributed by atoms with E-state index in [2.05, 4.69) is 23.3 Å². The van der Waals surface area contributed by atoms with Crippen LogP contribution in [0, 0.1) is 0 Å². The molecule has 1 N–H and O–H groups in total. The van der Waals surface area contributed by atoms with Crippen molar-refractivity contribution in [1.82, 2.24) is 10.3 Å². The number of hydrogen-bond acceptors (Lipinski definition) is 3. The van der Waals surface area contributed by atoms with Crippen LogP contribution in [0.2, 0.25) is 0 Å². The third kappa shape index (κ3) is 2.18. The summed E-state index contributed by atoms with van der Waals surface area (Å²) in [5.41, 5.74) is 0.933. The van der Waals surface area contributed by atoms with Gasteiger partial charge in [0, 0.05) is 11.6 Å². The third-order valence-corrected chi connectivity index (χ3v) is 3.63. The normalized spacial score (nSPS) is 18.7. The predicted molar refractivity (Wildman–Crippen MR) is 72.9 cm³/mol. The van der Waals surface area contributed by atoms with Gasteiger partial charge in [0.25, 0.3) is 0 Å². The highest BCUT2D eigenvalue weighted by Gasteiger charge is 2.29. The first-order valence-electron chi connectivity index (χ1n) is 6.50. The topological polar surface area (TPSA) is 34.1 Å². The maximum Gasteiger partial charge on any atom is 0.131 e. The van der Waals surface area contributed by atoms with E-state index < -0.39 is 0 Å².